The van der Waals surface area contributed by atoms with Gasteiger partial charge in [0.2, 0.25) is 5.91 Å². The Hall–Kier alpha value is -2.32. The van der Waals surface area contributed by atoms with Gasteiger partial charge in [-0.3, -0.25) is 9.59 Å². The van der Waals surface area contributed by atoms with E-state index in [1.54, 1.807) is 0 Å². The molecule has 0 aliphatic rings. The third kappa shape index (κ3) is 5.68. The number of aryl methyl sites for hydroxylation is 3. The fourth-order valence-corrected chi connectivity index (χ4v) is 5.23. The highest BCUT2D eigenvalue weighted by Crippen LogP contribution is 2.26. The van der Waals surface area contributed by atoms with Crippen LogP contribution in [-0.4, -0.2) is 40.8 Å². The summed E-state index contributed by atoms with van der Waals surface area (Å²) in [5, 5.41) is 3.47. The number of nitrogens with one attached hydrogen (secondary N) is 2. The smallest absolute Gasteiger partial charge is 0.259 e. The molecule has 1 aromatic carbocycles. The fourth-order valence-electron chi connectivity index (χ4n) is 3.40. The normalized spacial score (nSPS) is 12.2. The number of thiophene rings is 1. The molecule has 3 aromatic rings. The number of anilines is 1. The molecule has 0 spiro atoms. The van der Waals surface area contributed by atoms with Crippen LogP contribution in [0.3, 0.4) is 0 Å². The summed E-state index contributed by atoms with van der Waals surface area (Å²) in [5.41, 5.74) is 3.29. The van der Waals surface area contributed by atoms with Gasteiger partial charge in [-0.1, -0.05) is 12.1 Å². The molecule has 2 N–H and O–H groups in total. The van der Waals surface area contributed by atoms with E-state index >= 15 is 0 Å². The third-order valence-corrected chi connectivity index (χ3v) is 7.61. The van der Waals surface area contributed by atoms with Crippen LogP contribution in [-0.2, 0) is 10.5 Å². The molecule has 2 heterocycles. The molecule has 0 aliphatic carbocycles. The van der Waals surface area contributed by atoms with Crippen molar-refractivity contribution < 1.29 is 4.79 Å². The van der Waals surface area contributed by atoms with E-state index in [0.29, 0.717) is 23.5 Å². The van der Waals surface area contributed by atoms with E-state index in [2.05, 4.69) is 58.3 Å². The average molecular weight is 459 g/mol. The van der Waals surface area contributed by atoms with Crippen molar-refractivity contribution >= 4 is 44.9 Å². The first-order chi connectivity index (χ1) is 14.8. The fraction of sp³-hybridized carbons (Fsp3) is 0.435. The molecule has 0 bridgehead atoms. The van der Waals surface area contributed by atoms with E-state index in [-0.39, 0.29) is 16.7 Å². The van der Waals surface area contributed by atoms with Gasteiger partial charge in [0, 0.05) is 30.2 Å². The molecule has 1 unspecified atom stereocenters. The predicted molar refractivity (Wildman–Crippen MR) is 133 cm³/mol. The number of aromatic nitrogens is 2. The Morgan fingerprint density at radius 1 is 1.32 bits per heavy atom. The van der Waals surface area contributed by atoms with Crippen LogP contribution in [0.15, 0.2) is 29.1 Å². The summed E-state index contributed by atoms with van der Waals surface area (Å²) in [6, 6.07) is 8.39. The van der Waals surface area contributed by atoms with Gasteiger partial charge in [0.1, 0.15) is 10.7 Å². The molecule has 0 radical (unpaired) electrons. The van der Waals surface area contributed by atoms with Gasteiger partial charge in [-0.05, 0) is 57.9 Å². The molecule has 1 atom stereocenters. The number of rotatable bonds is 9. The summed E-state index contributed by atoms with van der Waals surface area (Å²) in [7, 11) is 0. The zero-order chi connectivity index (χ0) is 22.5. The number of fused-ring (bicyclic) bond motifs is 1. The van der Waals surface area contributed by atoms with Crippen LogP contribution in [0.4, 0.5) is 5.69 Å². The molecular weight excluding hydrogens is 428 g/mol. The van der Waals surface area contributed by atoms with E-state index in [0.717, 1.165) is 28.4 Å². The van der Waals surface area contributed by atoms with Crippen LogP contribution in [0.25, 0.3) is 10.2 Å². The van der Waals surface area contributed by atoms with E-state index in [1.807, 2.05) is 20.8 Å². The van der Waals surface area contributed by atoms with Crippen LogP contribution in [0.2, 0.25) is 0 Å². The lowest BCUT2D eigenvalue weighted by atomic mass is 10.2. The van der Waals surface area contributed by atoms with Gasteiger partial charge >= 0.3 is 0 Å². The SMILES string of the molecule is CCN(CCNC(=O)C(C)SCc1nc2sc(C)c(C)c2c(=O)[nH]1)c1cccc(C)c1. The number of H-pyrrole nitrogens is 1. The number of thioether (sulfide) groups is 1. The maximum absolute atomic E-state index is 12.5. The molecule has 6 nitrogen and oxygen atoms in total. The number of amides is 1. The minimum Gasteiger partial charge on any atom is -0.370 e. The number of benzene rings is 1. The first-order valence-electron chi connectivity index (χ1n) is 10.5. The Labute approximate surface area is 191 Å². The molecule has 3 rings (SSSR count). The van der Waals surface area contributed by atoms with Crippen molar-refractivity contribution in [2.75, 3.05) is 24.5 Å². The van der Waals surface area contributed by atoms with Crippen molar-refractivity contribution in [3.05, 3.63) is 56.4 Å². The Balaban J connectivity index is 1.51. The van der Waals surface area contributed by atoms with E-state index < -0.39 is 0 Å². The molecule has 0 aliphatic heterocycles. The molecule has 1 amide bonds. The zero-order valence-corrected chi connectivity index (χ0v) is 20.4. The van der Waals surface area contributed by atoms with Gasteiger partial charge in [-0.15, -0.1) is 23.1 Å². The monoisotopic (exact) mass is 458 g/mol. The molecule has 8 heteroatoms. The summed E-state index contributed by atoms with van der Waals surface area (Å²) in [6.45, 7) is 12.3. The zero-order valence-electron chi connectivity index (χ0n) is 18.7. The Bertz CT molecular complexity index is 1120. The van der Waals surface area contributed by atoms with Crippen LogP contribution in [0.5, 0.6) is 0 Å². The first kappa shape index (κ1) is 23.3. The third-order valence-electron chi connectivity index (χ3n) is 5.36. The highest BCUT2D eigenvalue weighted by atomic mass is 32.2. The first-order valence-corrected chi connectivity index (χ1v) is 12.4. The number of aromatic amines is 1. The molecule has 2 aromatic heterocycles. The van der Waals surface area contributed by atoms with Crippen LogP contribution >= 0.6 is 23.1 Å². The summed E-state index contributed by atoms with van der Waals surface area (Å²) in [4.78, 5) is 36.5. The highest BCUT2D eigenvalue weighted by Gasteiger charge is 2.16. The van der Waals surface area contributed by atoms with Crippen LogP contribution < -0.4 is 15.8 Å². The van der Waals surface area contributed by atoms with Crippen molar-refractivity contribution in [3.63, 3.8) is 0 Å². The molecule has 0 saturated carbocycles. The van der Waals surface area contributed by atoms with Crippen LogP contribution in [0, 0.1) is 20.8 Å². The van der Waals surface area contributed by atoms with Gasteiger partial charge in [-0.25, -0.2) is 4.98 Å². The van der Waals surface area contributed by atoms with Gasteiger partial charge in [0.05, 0.1) is 16.4 Å². The number of carbonyl (C=O) groups is 1. The Morgan fingerprint density at radius 2 is 2.10 bits per heavy atom. The number of hydrogen-bond acceptors (Lipinski definition) is 6. The highest BCUT2D eigenvalue weighted by molar-refractivity contribution is 7.99. The van der Waals surface area contributed by atoms with Crippen molar-refractivity contribution in [1.29, 1.82) is 0 Å². The molecule has 0 fully saturated rings. The second-order valence-corrected chi connectivity index (χ2v) is 10.2. The summed E-state index contributed by atoms with van der Waals surface area (Å²) < 4.78 is 0. The Kier molecular flexibility index (Phi) is 7.78. The molecular formula is C23H30N4O2S2. The second kappa shape index (κ2) is 10.3. The van der Waals surface area contributed by atoms with Crippen molar-refractivity contribution in [1.82, 2.24) is 15.3 Å². The minimum atomic E-state index is -0.234. The number of likely N-dealkylation sites (N-methyl/N-ethyl adjacent to an activating group) is 1. The summed E-state index contributed by atoms with van der Waals surface area (Å²) >= 11 is 3.01. The largest absolute Gasteiger partial charge is 0.370 e. The van der Waals surface area contributed by atoms with Gasteiger partial charge in [0.15, 0.2) is 0 Å². The van der Waals surface area contributed by atoms with Gasteiger partial charge < -0.3 is 15.2 Å². The van der Waals surface area contributed by atoms with Gasteiger partial charge in [0.25, 0.3) is 5.56 Å². The lowest BCUT2D eigenvalue weighted by molar-refractivity contribution is -0.120. The quantitative estimate of drug-likeness (QED) is 0.503. The summed E-state index contributed by atoms with van der Waals surface area (Å²) in [6.07, 6.45) is 0. The topological polar surface area (TPSA) is 78.1 Å². The van der Waals surface area contributed by atoms with E-state index in [1.165, 1.54) is 34.3 Å². The van der Waals surface area contributed by atoms with Crippen LogP contribution in [0.1, 0.15) is 35.7 Å². The standard InChI is InChI=1S/C23H30N4O2S2/c1-6-27(18-9-7-8-14(2)12-18)11-10-24-21(28)17(5)30-13-19-25-22(29)20-15(3)16(4)31-23(20)26-19/h7-9,12,17H,6,10-11,13H2,1-5H3,(H,24,28)(H,25,26,29). The second-order valence-electron chi connectivity index (χ2n) is 7.64. The van der Waals surface area contributed by atoms with E-state index in [9.17, 15) is 9.59 Å². The Morgan fingerprint density at radius 3 is 2.81 bits per heavy atom. The summed E-state index contributed by atoms with van der Waals surface area (Å²) in [5.74, 6) is 1.09. The lowest BCUT2D eigenvalue weighted by Gasteiger charge is -2.24. The number of nitrogens with zero attached hydrogens (tertiary/aromatic N) is 2. The van der Waals surface area contributed by atoms with Crippen molar-refractivity contribution in [2.24, 2.45) is 0 Å². The molecule has 0 saturated heterocycles. The van der Waals surface area contributed by atoms with Crippen molar-refractivity contribution in [3.8, 4) is 0 Å². The lowest BCUT2D eigenvalue weighted by Crippen LogP contribution is -2.38. The van der Waals surface area contributed by atoms with E-state index in [4.69, 9.17) is 0 Å². The molecule has 166 valence electrons. The maximum Gasteiger partial charge on any atom is 0.259 e. The predicted octanol–water partition coefficient (Wildman–Crippen LogP) is 4.17. The van der Waals surface area contributed by atoms with Crippen molar-refractivity contribution in [2.45, 2.75) is 45.6 Å². The minimum absolute atomic E-state index is 0.00321. The van der Waals surface area contributed by atoms with Gasteiger partial charge in [-0.2, -0.15) is 0 Å². The molecule has 31 heavy (non-hydrogen) atoms. The number of carbonyl (C=O) groups excluding carboxylic acids is 1. The average Bonchev–Trinajstić information content (AvgIpc) is 3.03. The number of hydrogen-bond donors (Lipinski definition) is 2. The maximum atomic E-state index is 12.5.